The predicted octanol–water partition coefficient (Wildman–Crippen LogP) is 3.03. The molecule has 0 unspecified atom stereocenters. The Morgan fingerprint density at radius 2 is 2.05 bits per heavy atom. The zero-order valence-corrected chi connectivity index (χ0v) is 12.6. The number of thioether (sulfide) groups is 1. The number of nitrogens with zero attached hydrogens (tertiary/aromatic N) is 2. The minimum absolute atomic E-state index is 0.617. The lowest BCUT2D eigenvalue weighted by Crippen LogP contribution is -2.18. The van der Waals surface area contributed by atoms with Crippen LogP contribution >= 0.6 is 11.8 Å². The van der Waals surface area contributed by atoms with E-state index in [0.29, 0.717) is 6.42 Å². The molecule has 1 fully saturated rings. The quantitative estimate of drug-likeness (QED) is 0.453. The minimum Gasteiger partial charge on any atom is -0.377 e. The molecule has 1 heterocycles. The van der Waals surface area contributed by atoms with Crippen molar-refractivity contribution in [2.24, 2.45) is 0 Å². The molecule has 0 saturated carbocycles. The van der Waals surface area contributed by atoms with Crippen LogP contribution in [0.3, 0.4) is 0 Å². The van der Waals surface area contributed by atoms with E-state index in [-0.39, 0.29) is 0 Å². The standard InChI is InChI=1S/C15H22N2OS/c1-16(2)14-7-6-13(17-8-3-4-9-17)12-15(14)19-11-5-10-18/h6-7,10,12H,3-5,8-9,11H2,1-2H3. The van der Waals surface area contributed by atoms with E-state index >= 15 is 0 Å². The molecule has 1 aromatic carbocycles. The summed E-state index contributed by atoms with van der Waals surface area (Å²) in [6, 6.07) is 6.68. The smallest absolute Gasteiger partial charge is 0.120 e. The van der Waals surface area contributed by atoms with Gasteiger partial charge in [-0.05, 0) is 31.0 Å². The summed E-state index contributed by atoms with van der Waals surface area (Å²) in [7, 11) is 4.13. The van der Waals surface area contributed by atoms with Crippen molar-refractivity contribution in [1.29, 1.82) is 0 Å². The Morgan fingerprint density at radius 1 is 1.32 bits per heavy atom. The minimum atomic E-state index is 0.617. The molecule has 3 nitrogen and oxygen atoms in total. The van der Waals surface area contributed by atoms with Gasteiger partial charge < -0.3 is 14.6 Å². The summed E-state index contributed by atoms with van der Waals surface area (Å²) in [6.07, 6.45) is 4.20. The fourth-order valence-electron chi connectivity index (χ4n) is 2.38. The van der Waals surface area contributed by atoms with Gasteiger partial charge in [0.25, 0.3) is 0 Å². The number of hydrogen-bond acceptors (Lipinski definition) is 4. The monoisotopic (exact) mass is 278 g/mol. The van der Waals surface area contributed by atoms with Crippen molar-refractivity contribution in [3.63, 3.8) is 0 Å². The number of aldehydes is 1. The van der Waals surface area contributed by atoms with Gasteiger partial charge in [0.05, 0.1) is 5.69 Å². The number of rotatable bonds is 6. The molecule has 0 N–H and O–H groups in total. The summed E-state index contributed by atoms with van der Waals surface area (Å²) >= 11 is 1.77. The van der Waals surface area contributed by atoms with Crippen LogP contribution in [0.25, 0.3) is 0 Å². The van der Waals surface area contributed by atoms with Gasteiger partial charge in [-0.1, -0.05) is 0 Å². The predicted molar refractivity (Wildman–Crippen MR) is 83.6 cm³/mol. The first-order valence-corrected chi connectivity index (χ1v) is 7.83. The molecule has 1 aliphatic rings. The Bertz CT molecular complexity index is 428. The van der Waals surface area contributed by atoms with Crippen molar-refractivity contribution in [2.45, 2.75) is 24.2 Å². The Hall–Kier alpha value is -1.16. The molecule has 0 aromatic heterocycles. The van der Waals surface area contributed by atoms with Crippen molar-refractivity contribution in [3.8, 4) is 0 Å². The molecular formula is C15H22N2OS. The Labute approximate surface area is 120 Å². The first-order chi connectivity index (χ1) is 9.22. The molecule has 0 atom stereocenters. The lowest BCUT2D eigenvalue weighted by atomic mass is 10.2. The van der Waals surface area contributed by atoms with E-state index in [4.69, 9.17) is 0 Å². The van der Waals surface area contributed by atoms with Crippen LogP contribution in [-0.4, -0.2) is 39.2 Å². The van der Waals surface area contributed by atoms with Crippen molar-refractivity contribution < 1.29 is 4.79 Å². The molecule has 19 heavy (non-hydrogen) atoms. The number of hydrogen-bond donors (Lipinski definition) is 0. The molecule has 1 saturated heterocycles. The Morgan fingerprint density at radius 3 is 2.68 bits per heavy atom. The van der Waals surface area contributed by atoms with Crippen LogP contribution in [0.4, 0.5) is 11.4 Å². The van der Waals surface area contributed by atoms with Crippen LogP contribution in [0.15, 0.2) is 23.1 Å². The van der Waals surface area contributed by atoms with Gasteiger partial charge in [0, 0.05) is 49.9 Å². The molecule has 0 amide bonds. The molecule has 4 heteroatoms. The lowest BCUT2D eigenvalue weighted by Gasteiger charge is -2.22. The number of carbonyl (C=O) groups excluding carboxylic acids is 1. The van der Waals surface area contributed by atoms with E-state index in [9.17, 15) is 4.79 Å². The Kier molecular flexibility index (Phi) is 5.14. The maximum Gasteiger partial charge on any atom is 0.120 e. The van der Waals surface area contributed by atoms with Gasteiger partial charge in [-0.3, -0.25) is 0 Å². The van der Waals surface area contributed by atoms with Crippen LogP contribution in [-0.2, 0) is 4.79 Å². The number of carbonyl (C=O) groups is 1. The molecule has 0 radical (unpaired) electrons. The largest absolute Gasteiger partial charge is 0.377 e. The highest BCUT2D eigenvalue weighted by Crippen LogP contribution is 2.34. The van der Waals surface area contributed by atoms with Crippen molar-refractivity contribution >= 4 is 29.4 Å². The zero-order chi connectivity index (χ0) is 13.7. The number of anilines is 2. The SMILES string of the molecule is CN(C)c1ccc(N2CCCC2)cc1SCCC=O. The highest BCUT2D eigenvalue weighted by molar-refractivity contribution is 7.99. The van der Waals surface area contributed by atoms with Crippen LogP contribution in [0, 0.1) is 0 Å². The molecule has 104 valence electrons. The van der Waals surface area contributed by atoms with Crippen LogP contribution < -0.4 is 9.80 Å². The van der Waals surface area contributed by atoms with Gasteiger partial charge in [-0.2, -0.15) is 0 Å². The van der Waals surface area contributed by atoms with E-state index in [1.165, 1.54) is 42.2 Å². The van der Waals surface area contributed by atoms with E-state index in [1.807, 2.05) is 0 Å². The molecule has 2 rings (SSSR count). The molecule has 1 aliphatic heterocycles. The van der Waals surface area contributed by atoms with Crippen molar-refractivity contribution in [1.82, 2.24) is 0 Å². The maximum absolute atomic E-state index is 10.5. The average Bonchev–Trinajstić information content (AvgIpc) is 2.92. The highest BCUT2D eigenvalue weighted by atomic mass is 32.2. The second-order valence-corrected chi connectivity index (χ2v) is 6.18. The fourth-order valence-corrected chi connectivity index (χ4v) is 3.41. The van der Waals surface area contributed by atoms with Crippen molar-refractivity contribution in [3.05, 3.63) is 18.2 Å². The second-order valence-electron chi connectivity index (χ2n) is 5.04. The molecule has 0 bridgehead atoms. The fraction of sp³-hybridized carbons (Fsp3) is 0.533. The summed E-state index contributed by atoms with van der Waals surface area (Å²) in [6.45, 7) is 2.33. The van der Waals surface area contributed by atoms with Gasteiger partial charge >= 0.3 is 0 Å². The summed E-state index contributed by atoms with van der Waals surface area (Å²) in [5, 5.41) is 0. The van der Waals surface area contributed by atoms with Gasteiger partial charge in [-0.25, -0.2) is 0 Å². The number of benzene rings is 1. The third-order valence-corrected chi connectivity index (χ3v) is 4.47. The Balaban J connectivity index is 2.18. The van der Waals surface area contributed by atoms with Gasteiger partial charge in [0.1, 0.15) is 6.29 Å². The van der Waals surface area contributed by atoms with E-state index in [0.717, 1.165) is 12.0 Å². The summed E-state index contributed by atoms with van der Waals surface area (Å²) < 4.78 is 0. The topological polar surface area (TPSA) is 23.6 Å². The average molecular weight is 278 g/mol. The maximum atomic E-state index is 10.5. The first kappa shape index (κ1) is 14.3. The molecular weight excluding hydrogens is 256 g/mol. The summed E-state index contributed by atoms with van der Waals surface area (Å²) in [5.41, 5.74) is 2.55. The molecule has 1 aromatic rings. The zero-order valence-electron chi connectivity index (χ0n) is 11.8. The van der Waals surface area contributed by atoms with Gasteiger partial charge in [0.2, 0.25) is 0 Å². The van der Waals surface area contributed by atoms with E-state index in [2.05, 4.69) is 42.1 Å². The second kappa shape index (κ2) is 6.85. The van der Waals surface area contributed by atoms with E-state index in [1.54, 1.807) is 11.8 Å². The summed E-state index contributed by atoms with van der Waals surface area (Å²) in [5.74, 6) is 0.855. The van der Waals surface area contributed by atoms with Gasteiger partial charge in [0.15, 0.2) is 0 Å². The third-order valence-electron chi connectivity index (χ3n) is 3.39. The highest BCUT2D eigenvalue weighted by Gasteiger charge is 2.14. The van der Waals surface area contributed by atoms with Crippen molar-refractivity contribution in [2.75, 3.05) is 42.7 Å². The van der Waals surface area contributed by atoms with Crippen LogP contribution in [0.1, 0.15) is 19.3 Å². The molecule has 0 aliphatic carbocycles. The normalized spacial score (nSPS) is 14.7. The van der Waals surface area contributed by atoms with Crippen LogP contribution in [0.2, 0.25) is 0 Å². The van der Waals surface area contributed by atoms with Crippen LogP contribution in [0.5, 0.6) is 0 Å². The van der Waals surface area contributed by atoms with E-state index < -0.39 is 0 Å². The first-order valence-electron chi connectivity index (χ1n) is 6.85. The van der Waals surface area contributed by atoms with Gasteiger partial charge in [-0.15, -0.1) is 11.8 Å². The summed E-state index contributed by atoms with van der Waals surface area (Å²) in [4.78, 5) is 16.3. The lowest BCUT2D eigenvalue weighted by molar-refractivity contribution is -0.107. The third kappa shape index (κ3) is 3.66. The molecule has 0 spiro atoms.